The molecule has 0 heterocycles. The van der Waals surface area contributed by atoms with E-state index in [1.807, 2.05) is 30.3 Å². The summed E-state index contributed by atoms with van der Waals surface area (Å²) in [6.45, 7) is 2.28. The van der Waals surface area contributed by atoms with Crippen LogP contribution in [0.2, 0.25) is 5.02 Å². The van der Waals surface area contributed by atoms with Crippen molar-refractivity contribution in [3.8, 4) is 0 Å². The molecular formula is C31H36ClF. The lowest BCUT2D eigenvalue weighted by Gasteiger charge is -2.29. The molecule has 0 spiro atoms. The second-order valence-electron chi connectivity index (χ2n) is 9.72. The molecule has 0 nitrogen and oxygen atoms in total. The molecule has 0 radical (unpaired) electrons. The summed E-state index contributed by atoms with van der Waals surface area (Å²) < 4.78 is 15.9. The number of unbranched alkanes of at least 4 members (excludes halogenated alkanes) is 2. The van der Waals surface area contributed by atoms with Gasteiger partial charge in [0.15, 0.2) is 0 Å². The van der Waals surface area contributed by atoms with Gasteiger partial charge < -0.3 is 0 Å². The highest BCUT2D eigenvalue weighted by atomic mass is 35.5. The van der Waals surface area contributed by atoms with Gasteiger partial charge in [0, 0.05) is 10.9 Å². The fraction of sp³-hybridized carbons (Fsp3) is 0.419. The third kappa shape index (κ3) is 6.27. The molecule has 0 saturated heterocycles. The number of hydrogen-bond acceptors (Lipinski definition) is 0. The van der Waals surface area contributed by atoms with Crippen molar-refractivity contribution in [2.24, 2.45) is 5.92 Å². The molecular weight excluding hydrogens is 427 g/mol. The SMILES string of the molecule is CCCCCC1CCC(c2ccc(C(c3ccccc3)C(F)c3ccc(Cl)cc3)cc2)CC1. The Morgan fingerprint density at radius 2 is 1.36 bits per heavy atom. The average Bonchev–Trinajstić information content (AvgIpc) is 2.86. The van der Waals surface area contributed by atoms with Crippen LogP contribution >= 0.6 is 11.6 Å². The Balaban J connectivity index is 1.49. The maximum absolute atomic E-state index is 15.9. The van der Waals surface area contributed by atoms with Crippen LogP contribution in [0.25, 0.3) is 0 Å². The van der Waals surface area contributed by atoms with E-state index in [0.717, 1.165) is 17.0 Å². The van der Waals surface area contributed by atoms with E-state index in [2.05, 4.69) is 31.2 Å². The predicted molar refractivity (Wildman–Crippen MR) is 139 cm³/mol. The normalized spacial score (nSPS) is 20.3. The monoisotopic (exact) mass is 462 g/mol. The van der Waals surface area contributed by atoms with Crippen molar-refractivity contribution in [3.63, 3.8) is 0 Å². The zero-order valence-corrected chi connectivity index (χ0v) is 20.5. The Labute approximate surface area is 204 Å². The number of hydrogen-bond donors (Lipinski definition) is 0. The van der Waals surface area contributed by atoms with Crippen LogP contribution in [0.4, 0.5) is 4.39 Å². The molecule has 0 aliphatic heterocycles. The third-order valence-corrected chi connectivity index (χ3v) is 7.72. The van der Waals surface area contributed by atoms with Crippen LogP contribution in [0.5, 0.6) is 0 Å². The Morgan fingerprint density at radius 3 is 2.00 bits per heavy atom. The van der Waals surface area contributed by atoms with E-state index in [1.165, 1.54) is 56.9 Å². The summed E-state index contributed by atoms with van der Waals surface area (Å²) in [5.74, 6) is 1.23. The molecule has 2 atom stereocenters. The quantitative estimate of drug-likeness (QED) is 0.277. The summed E-state index contributed by atoms with van der Waals surface area (Å²) >= 11 is 6.04. The largest absolute Gasteiger partial charge is 0.241 e. The Morgan fingerprint density at radius 1 is 0.758 bits per heavy atom. The number of rotatable bonds is 9. The lowest BCUT2D eigenvalue weighted by molar-refractivity contribution is 0.302. The molecule has 174 valence electrons. The Kier molecular flexibility index (Phi) is 8.62. The molecule has 3 aromatic carbocycles. The average molecular weight is 463 g/mol. The van der Waals surface area contributed by atoms with Gasteiger partial charge in [-0.3, -0.25) is 0 Å². The molecule has 4 rings (SSSR count). The van der Waals surface area contributed by atoms with Gasteiger partial charge in [-0.2, -0.15) is 0 Å². The van der Waals surface area contributed by atoms with Crippen LogP contribution in [-0.4, -0.2) is 0 Å². The van der Waals surface area contributed by atoms with Gasteiger partial charge in [-0.1, -0.05) is 111 Å². The summed E-state index contributed by atoms with van der Waals surface area (Å²) in [5.41, 5.74) is 4.11. The molecule has 0 amide bonds. The number of benzene rings is 3. The zero-order chi connectivity index (χ0) is 23.0. The van der Waals surface area contributed by atoms with Gasteiger partial charge in [0.05, 0.1) is 0 Å². The maximum Gasteiger partial charge on any atom is 0.136 e. The van der Waals surface area contributed by atoms with Crippen LogP contribution < -0.4 is 0 Å². The van der Waals surface area contributed by atoms with Crippen LogP contribution in [0.1, 0.15) is 98.6 Å². The molecule has 0 bridgehead atoms. The van der Waals surface area contributed by atoms with Gasteiger partial charge in [0.1, 0.15) is 6.17 Å². The minimum Gasteiger partial charge on any atom is -0.241 e. The smallest absolute Gasteiger partial charge is 0.136 e. The Bertz CT molecular complexity index is 956. The van der Waals surface area contributed by atoms with Crippen molar-refractivity contribution >= 4 is 11.6 Å². The van der Waals surface area contributed by atoms with Gasteiger partial charge >= 0.3 is 0 Å². The molecule has 0 N–H and O–H groups in total. The molecule has 1 aliphatic rings. The zero-order valence-electron chi connectivity index (χ0n) is 19.7. The van der Waals surface area contributed by atoms with Crippen molar-refractivity contribution in [3.05, 3.63) is 106 Å². The minimum absolute atomic E-state index is 0.337. The van der Waals surface area contributed by atoms with E-state index in [0.29, 0.717) is 16.5 Å². The second kappa shape index (κ2) is 11.8. The highest BCUT2D eigenvalue weighted by molar-refractivity contribution is 6.30. The molecule has 0 aromatic heterocycles. The summed E-state index contributed by atoms with van der Waals surface area (Å²) in [6.07, 6.45) is 9.62. The van der Waals surface area contributed by atoms with Crippen LogP contribution in [0.15, 0.2) is 78.9 Å². The first-order valence-electron chi connectivity index (χ1n) is 12.7. The molecule has 1 aliphatic carbocycles. The van der Waals surface area contributed by atoms with E-state index < -0.39 is 6.17 Å². The lowest BCUT2D eigenvalue weighted by atomic mass is 9.76. The van der Waals surface area contributed by atoms with Crippen LogP contribution in [0.3, 0.4) is 0 Å². The van der Waals surface area contributed by atoms with Gasteiger partial charge in [0.25, 0.3) is 0 Å². The summed E-state index contributed by atoms with van der Waals surface area (Å²) in [7, 11) is 0. The molecule has 1 saturated carbocycles. The highest BCUT2D eigenvalue weighted by Crippen LogP contribution is 2.42. The standard InChI is InChI=1S/C31H36ClF/c1-2-3-5-8-23-11-13-24(14-12-23)25-15-17-27(18-16-25)30(26-9-6-4-7-10-26)31(33)28-19-21-29(32)22-20-28/h4,6-7,9-10,15-24,30-31H,2-3,5,8,11-14H2,1H3. The Hall–Kier alpha value is -2.12. The van der Waals surface area contributed by atoms with Crippen molar-refractivity contribution in [2.45, 2.75) is 76.3 Å². The van der Waals surface area contributed by atoms with E-state index in [9.17, 15) is 0 Å². The molecule has 33 heavy (non-hydrogen) atoms. The molecule has 2 heteroatoms. The van der Waals surface area contributed by atoms with E-state index in [4.69, 9.17) is 11.6 Å². The second-order valence-corrected chi connectivity index (χ2v) is 10.2. The van der Waals surface area contributed by atoms with E-state index in [1.54, 1.807) is 24.3 Å². The fourth-order valence-electron chi connectivity index (χ4n) is 5.47. The van der Waals surface area contributed by atoms with Crippen molar-refractivity contribution < 1.29 is 4.39 Å². The van der Waals surface area contributed by atoms with Crippen molar-refractivity contribution in [1.82, 2.24) is 0 Å². The van der Waals surface area contributed by atoms with E-state index in [-0.39, 0.29) is 5.92 Å². The number of alkyl halides is 1. The third-order valence-electron chi connectivity index (χ3n) is 7.47. The highest BCUT2D eigenvalue weighted by Gasteiger charge is 2.27. The molecule has 2 unspecified atom stereocenters. The first-order chi connectivity index (χ1) is 16.2. The first-order valence-corrected chi connectivity index (χ1v) is 13.1. The molecule has 1 fully saturated rings. The summed E-state index contributed by atoms with van der Waals surface area (Å²) in [5, 5.41) is 0.631. The van der Waals surface area contributed by atoms with E-state index >= 15 is 4.39 Å². The van der Waals surface area contributed by atoms with Crippen molar-refractivity contribution in [2.75, 3.05) is 0 Å². The van der Waals surface area contributed by atoms with Crippen LogP contribution in [0, 0.1) is 5.92 Å². The minimum atomic E-state index is -1.13. The summed E-state index contributed by atoms with van der Waals surface area (Å²) in [4.78, 5) is 0. The first kappa shape index (κ1) is 24.0. The van der Waals surface area contributed by atoms with Crippen molar-refractivity contribution in [1.29, 1.82) is 0 Å². The van der Waals surface area contributed by atoms with Gasteiger partial charge in [-0.25, -0.2) is 4.39 Å². The molecule has 3 aromatic rings. The maximum atomic E-state index is 15.9. The fourth-order valence-corrected chi connectivity index (χ4v) is 5.60. The predicted octanol–water partition coefficient (Wildman–Crippen LogP) is 10.0. The number of halogens is 2. The van der Waals surface area contributed by atoms with Gasteiger partial charge in [-0.15, -0.1) is 0 Å². The van der Waals surface area contributed by atoms with Crippen LogP contribution in [-0.2, 0) is 0 Å². The summed E-state index contributed by atoms with van der Waals surface area (Å²) in [6, 6.07) is 26.0. The topological polar surface area (TPSA) is 0 Å². The van der Waals surface area contributed by atoms with Gasteiger partial charge in [-0.05, 0) is 71.9 Å². The lowest BCUT2D eigenvalue weighted by Crippen LogP contribution is -2.14. The van der Waals surface area contributed by atoms with Gasteiger partial charge in [0.2, 0.25) is 0 Å².